The van der Waals surface area contributed by atoms with Crippen molar-refractivity contribution in [3.05, 3.63) is 72.3 Å². The summed E-state index contributed by atoms with van der Waals surface area (Å²) < 4.78 is 0. The molecule has 0 radical (unpaired) electrons. The lowest BCUT2D eigenvalue weighted by molar-refractivity contribution is -0.116. The molecule has 0 aliphatic rings. The zero-order chi connectivity index (χ0) is 18.8. The second-order valence-electron chi connectivity index (χ2n) is 5.59. The lowest BCUT2D eigenvalue weighted by atomic mass is 10.2. The molecule has 0 unspecified atom stereocenters. The van der Waals surface area contributed by atoms with Crippen molar-refractivity contribution in [1.29, 1.82) is 0 Å². The first-order chi connectivity index (χ1) is 12.6. The molecular weight excluding hydrogens is 330 g/mol. The Morgan fingerprint density at radius 2 is 1.73 bits per heavy atom. The van der Waals surface area contributed by atoms with Crippen LogP contribution < -0.4 is 11.1 Å². The Kier molecular flexibility index (Phi) is 7.12. The van der Waals surface area contributed by atoms with Crippen molar-refractivity contribution < 1.29 is 14.4 Å². The maximum atomic E-state index is 12.2. The highest BCUT2D eigenvalue weighted by Gasteiger charge is 2.13. The summed E-state index contributed by atoms with van der Waals surface area (Å²) in [6, 6.07) is 15.6. The van der Waals surface area contributed by atoms with Gasteiger partial charge in [0, 0.05) is 12.1 Å². The zero-order valence-corrected chi connectivity index (χ0v) is 14.3. The number of anilines is 2. The molecule has 6 nitrogen and oxygen atoms in total. The third kappa shape index (κ3) is 5.59. The SMILES string of the molecule is Nc1ccccc1NC(=O)/C=C/CCCN(C=O)C(=O)c1ccccc1. The minimum atomic E-state index is -0.332. The molecule has 0 fully saturated rings. The van der Waals surface area contributed by atoms with Gasteiger partial charge in [0.15, 0.2) is 0 Å². The van der Waals surface area contributed by atoms with Crippen LogP contribution in [0, 0.1) is 0 Å². The number of allylic oxidation sites excluding steroid dienone is 1. The highest BCUT2D eigenvalue weighted by atomic mass is 16.2. The molecule has 0 saturated carbocycles. The molecule has 134 valence electrons. The number of nitrogens with zero attached hydrogens (tertiary/aromatic N) is 1. The zero-order valence-electron chi connectivity index (χ0n) is 14.3. The van der Waals surface area contributed by atoms with E-state index in [0.29, 0.717) is 36.2 Å². The van der Waals surface area contributed by atoms with Gasteiger partial charge in [0.05, 0.1) is 11.4 Å². The van der Waals surface area contributed by atoms with Crippen LogP contribution in [0.1, 0.15) is 23.2 Å². The summed E-state index contributed by atoms with van der Waals surface area (Å²) in [7, 11) is 0. The average Bonchev–Trinajstić information content (AvgIpc) is 2.67. The second kappa shape index (κ2) is 9.78. The van der Waals surface area contributed by atoms with Crippen LogP contribution in [-0.2, 0) is 9.59 Å². The summed E-state index contributed by atoms with van der Waals surface area (Å²) in [6.45, 7) is 0.287. The molecule has 0 aliphatic carbocycles. The Morgan fingerprint density at radius 1 is 1.04 bits per heavy atom. The summed E-state index contributed by atoms with van der Waals surface area (Å²) >= 11 is 0. The van der Waals surface area contributed by atoms with Crippen LogP contribution in [0.4, 0.5) is 11.4 Å². The van der Waals surface area contributed by atoms with Crippen molar-refractivity contribution in [2.75, 3.05) is 17.6 Å². The number of amides is 3. The van der Waals surface area contributed by atoms with E-state index in [1.54, 1.807) is 60.7 Å². The fraction of sp³-hybridized carbons (Fsp3) is 0.150. The molecule has 0 saturated heterocycles. The Labute approximate surface area is 152 Å². The number of rotatable bonds is 8. The van der Waals surface area contributed by atoms with Gasteiger partial charge in [-0.05, 0) is 43.2 Å². The van der Waals surface area contributed by atoms with E-state index in [4.69, 9.17) is 5.73 Å². The Hall–Kier alpha value is -3.41. The van der Waals surface area contributed by atoms with Gasteiger partial charge in [-0.2, -0.15) is 0 Å². The predicted octanol–water partition coefficient (Wildman–Crippen LogP) is 2.84. The maximum absolute atomic E-state index is 12.2. The number of hydrogen-bond acceptors (Lipinski definition) is 4. The first-order valence-corrected chi connectivity index (χ1v) is 8.25. The van der Waals surface area contributed by atoms with Crippen molar-refractivity contribution in [2.45, 2.75) is 12.8 Å². The topological polar surface area (TPSA) is 92.5 Å². The monoisotopic (exact) mass is 351 g/mol. The average molecular weight is 351 g/mol. The number of nitrogens with two attached hydrogens (primary N) is 1. The molecule has 2 rings (SSSR count). The smallest absolute Gasteiger partial charge is 0.260 e. The van der Waals surface area contributed by atoms with E-state index in [1.807, 2.05) is 0 Å². The first kappa shape index (κ1) is 18.9. The van der Waals surface area contributed by atoms with Gasteiger partial charge < -0.3 is 11.1 Å². The van der Waals surface area contributed by atoms with E-state index in [2.05, 4.69) is 5.32 Å². The molecule has 3 amide bonds. The maximum Gasteiger partial charge on any atom is 0.260 e. The lowest BCUT2D eigenvalue weighted by Gasteiger charge is -2.14. The first-order valence-electron chi connectivity index (χ1n) is 8.25. The van der Waals surface area contributed by atoms with Gasteiger partial charge in [0.25, 0.3) is 5.91 Å². The van der Waals surface area contributed by atoms with E-state index in [-0.39, 0.29) is 18.4 Å². The molecule has 0 heterocycles. The fourth-order valence-electron chi connectivity index (χ4n) is 2.30. The van der Waals surface area contributed by atoms with E-state index >= 15 is 0 Å². The molecule has 0 aliphatic heterocycles. The third-order valence-electron chi connectivity index (χ3n) is 3.67. The predicted molar refractivity (Wildman–Crippen MR) is 101 cm³/mol. The Morgan fingerprint density at radius 3 is 2.42 bits per heavy atom. The van der Waals surface area contributed by atoms with E-state index in [9.17, 15) is 14.4 Å². The number of carbonyl (C=O) groups excluding carboxylic acids is 3. The van der Waals surface area contributed by atoms with Crippen molar-refractivity contribution in [1.82, 2.24) is 4.90 Å². The summed E-state index contributed by atoms with van der Waals surface area (Å²) in [5.41, 5.74) is 7.28. The van der Waals surface area contributed by atoms with Crippen molar-refractivity contribution in [2.24, 2.45) is 0 Å². The Bertz CT molecular complexity index is 788. The van der Waals surface area contributed by atoms with Crippen LogP contribution in [0.2, 0.25) is 0 Å². The van der Waals surface area contributed by atoms with Gasteiger partial charge in [-0.3, -0.25) is 19.3 Å². The normalized spacial score (nSPS) is 10.5. The van der Waals surface area contributed by atoms with Crippen molar-refractivity contribution in [3.8, 4) is 0 Å². The van der Waals surface area contributed by atoms with Gasteiger partial charge in [0.1, 0.15) is 0 Å². The third-order valence-corrected chi connectivity index (χ3v) is 3.67. The molecule has 6 heteroatoms. The number of hydrogen-bond donors (Lipinski definition) is 2. The molecule has 0 spiro atoms. The summed E-state index contributed by atoms with van der Waals surface area (Å²) in [4.78, 5) is 36.3. The molecule has 26 heavy (non-hydrogen) atoms. The Balaban J connectivity index is 1.77. The molecule has 2 aromatic carbocycles. The minimum absolute atomic E-state index is 0.282. The number of benzene rings is 2. The summed E-state index contributed by atoms with van der Waals surface area (Å²) in [5, 5.41) is 2.69. The number of unbranched alkanes of at least 4 members (excludes halogenated alkanes) is 1. The fourth-order valence-corrected chi connectivity index (χ4v) is 2.30. The lowest BCUT2D eigenvalue weighted by Crippen LogP contribution is -2.30. The molecular formula is C20H21N3O3. The van der Waals surface area contributed by atoms with Gasteiger partial charge in [-0.15, -0.1) is 0 Å². The number of carbonyl (C=O) groups is 3. The number of nitrogen functional groups attached to an aromatic ring is 1. The number of para-hydroxylation sites is 2. The van der Waals surface area contributed by atoms with Crippen LogP contribution in [0.5, 0.6) is 0 Å². The van der Waals surface area contributed by atoms with Crippen LogP contribution >= 0.6 is 0 Å². The van der Waals surface area contributed by atoms with Gasteiger partial charge in [-0.25, -0.2) is 0 Å². The molecule has 0 bridgehead atoms. The molecule has 3 N–H and O–H groups in total. The van der Waals surface area contributed by atoms with Gasteiger partial charge in [-0.1, -0.05) is 36.4 Å². The largest absolute Gasteiger partial charge is 0.397 e. The highest BCUT2D eigenvalue weighted by molar-refractivity contribution is 6.01. The highest BCUT2D eigenvalue weighted by Crippen LogP contribution is 2.16. The summed E-state index contributed by atoms with van der Waals surface area (Å²) in [6.07, 6.45) is 4.77. The quantitative estimate of drug-likeness (QED) is 0.331. The van der Waals surface area contributed by atoms with Gasteiger partial charge >= 0.3 is 0 Å². The van der Waals surface area contributed by atoms with Crippen LogP contribution in [0.25, 0.3) is 0 Å². The van der Waals surface area contributed by atoms with Crippen LogP contribution in [0.3, 0.4) is 0 Å². The van der Waals surface area contributed by atoms with E-state index in [1.165, 1.54) is 6.08 Å². The number of imide groups is 1. The van der Waals surface area contributed by atoms with Gasteiger partial charge in [0.2, 0.25) is 12.3 Å². The van der Waals surface area contributed by atoms with E-state index < -0.39 is 0 Å². The second-order valence-corrected chi connectivity index (χ2v) is 5.59. The molecule has 0 aromatic heterocycles. The van der Waals surface area contributed by atoms with E-state index in [0.717, 1.165) is 4.90 Å². The van der Waals surface area contributed by atoms with Crippen LogP contribution in [0.15, 0.2) is 66.7 Å². The standard InChI is InChI=1S/C20H21N3O3/c21-17-11-6-7-12-18(17)22-19(25)13-5-2-8-14-23(15-24)20(26)16-9-3-1-4-10-16/h1,3-7,9-13,15H,2,8,14,21H2,(H,22,25)/b13-5+. The van der Waals surface area contributed by atoms with Crippen LogP contribution in [-0.4, -0.2) is 29.7 Å². The van der Waals surface area contributed by atoms with Crippen molar-refractivity contribution in [3.63, 3.8) is 0 Å². The minimum Gasteiger partial charge on any atom is -0.397 e. The van der Waals surface area contributed by atoms with Crippen molar-refractivity contribution >= 4 is 29.6 Å². The number of nitrogens with one attached hydrogen (secondary N) is 1. The molecule has 2 aromatic rings. The summed E-state index contributed by atoms with van der Waals surface area (Å²) in [5.74, 6) is -0.614. The molecule has 0 atom stereocenters.